The molecule has 6 heteroatoms. The number of carbonyl (C=O) groups is 2. The van der Waals surface area contributed by atoms with E-state index in [2.05, 4.69) is 5.32 Å². The maximum absolute atomic E-state index is 11.9. The molecule has 128 valence electrons. The molecule has 0 aliphatic heterocycles. The summed E-state index contributed by atoms with van der Waals surface area (Å²) in [6.07, 6.45) is 1.02. The third kappa shape index (κ3) is 7.25. The van der Waals surface area contributed by atoms with Crippen LogP contribution < -0.4 is 16.8 Å². The van der Waals surface area contributed by atoms with Gasteiger partial charge in [-0.2, -0.15) is 0 Å². The largest absolute Gasteiger partial charge is 0.464 e. The molecule has 1 amide bonds. The lowest BCUT2D eigenvalue weighted by Crippen LogP contribution is -2.42. The number of nitrogens with two attached hydrogens (primary N) is 2. The van der Waals surface area contributed by atoms with Crippen LogP contribution in [0.5, 0.6) is 0 Å². The molecule has 0 saturated heterocycles. The monoisotopic (exact) mass is 321 g/mol. The Labute approximate surface area is 137 Å². The molecule has 2 atom stereocenters. The third-order valence-corrected chi connectivity index (χ3v) is 3.49. The molecule has 1 aromatic rings. The molecule has 0 heterocycles. The second kappa shape index (κ2) is 9.97. The van der Waals surface area contributed by atoms with Crippen LogP contribution in [0.3, 0.4) is 0 Å². The summed E-state index contributed by atoms with van der Waals surface area (Å²) < 4.78 is 5.06. The number of esters is 1. The number of ether oxygens (including phenoxy) is 1. The zero-order valence-electron chi connectivity index (χ0n) is 13.8. The van der Waals surface area contributed by atoms with Gasteiger partial charge in [0.05, 0.1) is 12.6 Å². The van der Waals surface area contributed by atoms with Gasteiger partial charge < -0.3 is 21.5 Å². The average Bonchev–Trinajstić information content (AvgIpc) is 2.54. The molecule has 0 unspecified atom stereocenters. The minimum Gasteiger partial charge on any atom is -0.464 e. The van der Waals surface area contributed by atoms with Gasteiger partial charge in [0, 0.05) is 6.54 Å². The van der Waals surface area contributed by atoms with E-state index in [-0.39, 0.29) is 18.4 Å². The molecular formula is C17H27N3O3. The quantitative estimate of drug-likeness (QED) is 0.456. The minimum atomic E-state index is -0.608. The molecule has 0 spiro atoms. The van der Waals surface area contributed by atoms with E-state index in [1.54, 1.807) is 0 Å². The number of amides is 1. The van der Waals surface area contributed by atoms with Crippen molar-refractivity contribution in [3.63, 3.8) is 0 Å². The number of nitrogens with one attached hydrogen (secondary N) is 1. The smallest absolute Gasteiger partial charge is 0.323 e. The van der Waals surface area contributed by atoms with Gasteiger partial charge in [-0.25, -0.2) is 0 Å². The van der Waals surface area contributed by atoms with Crippen LogP contribution in [0.25, 0.3) is 0 Å². The molecule has 0 bridgehead atoms. The van der Waals surface area contributed by atoms with E-state index in [4.69, 9.17) is 16.2 Å². The lowest BCUT2D eigenvalue weighted by Gasteiger charge is -2.15. The Morgan fingerprint density at radius 1 is 1.17 bits per heavy atom. The average molecular weight is 321 g/mol. The first-order chi connectivity index (χ1) is 10.9. The van der Waals surface area contributed by atoms with Crippen LogP contribution >= 0.6 is 0 Å². The maximum atomic E-state index is 11.9. The van der Waals surface area contributed by atoms with E-state index in [1.165, 1.54) is 0 Å². The Morgan fingerprint density at radius 2 is 1.83 bits per heavy atom. The van der Waals surface area contributed by atoms with Gasteiger partial charge in [-0.1, -0.05) is 44.2 Å². The topological polar surface area (TPSA) is 107 Å². The fourth-order valence-corrected chi connectivity index (χ4v) is 1.92. The fraction of sp³-hybridized carbons (Fsp3) is 0.529. The highest BCUT2D eigenvalue weighted by molar-refractivity contribution is 5.81. The SMILES string of the molecule is CC(C)[C@@H](N)C(=O)OCCCNC(=O)[C@H](N)Cc1ccccc1. The maximum Gasteiger partial charge on any atom is 0.323 e. The van der Waals surface area contributed by atoms with Crippen molar-refractivity contribution in [3.8, 4) is 0 Å². The van der Waals surface area contributed by atoms with E-state index in [0.717, 1.165) is 5.56 Å². The Hall–Kier alpha value is -1.92. The van der Waals surface area contributed by atoms with Crippen LogP contribution in [-0.2, 0) is 20.7 Å². The second-order valence-corrected chi connectivity index (χ2v) is 5.88. The van der Waals surface area contributed by atoms with Gasteiger partial charge in [0.15, 0.2) is 0 Å². The van der Waals surface area contributed by atoms with Crippen molar-refractivity contribution < 1.29 is 14.3 Å². The van der Waals surface area contributed by atoms with Crippen molar-refractivity contribution in [1.29, 1.82) is 0 Å². The molecule has 23 heavy (non-hydrogen) atoms. The number of hydrogen-bond acceptors (Lipinski definition) is 5. The first-order valence-electron chi connectivity index (χ1n) is 7.91. The zero-order chi connectivity index (χ0) is 17.2. The van der Waals surface area contributed by atoms with Crippen LogP contribution in [0.1, 0.15) is 25.8 Å². The fourth-order valence-electron chi connectivity index (χ4n) is 1.92. The van der Waals surface area contributed by atoms with E-state index >= 15 is 0 Å². The lowest BCUT2D eigenvalue weighted by atomic mass is 10.1. The van der Waals surface area contributed by atoms with Crippen molar-refractivity contribution in [3.05, 3.63) is 35.9 Å². The number of hydrogen-bond donors (Lipinski definition) is 3. The zero-order valence-corrected chi connectivity index (χ0v) is 13.8. The molecule has 0 aliphatic carbocycles. The Morgan fingerprint density at radius 3 is 2.43 bits per heavy atom. The Bertz CT molecular complexity index is 491. The molecule has 0 fully saturated rings. The highest BCUT2D eigenvalue weighted by Crippen LogP contribution is 2.02. The van der Waals surface area contributed by atoms with Gasteiger partial charge in [0.1, 0.15) is 6.04 Å². The minimum absolute atomic E-state index is 0.0400. The number of rotatable bonds is 9. The predicted molar refractivity (Wildman–Crippen MR) is 89.5 cm³/mol. The van der Waals surface area contributed by atoms with Crippen molar-refractivity contribution in [1.82, 2.24) is 5.32 Å². The van der Waals surface area contributed by atoms with Gasteiger partial charge in [0.25, 0.3) is 0 Å². The van der Waals surface area contributed by atoms with Crippen LogP contribution in [0.15, 0.2) is 30.3 Å². The van der Waals surface area contributed by atoms with Gasteiger partial charge in [-0.15, -0.1) is 0 Å². The standard InChI is InChI=1S/C17H27N3O3/c1-12(2)15(19)17(22)23-10-6-9-20-16(21)14(18)11-13-7-4-3-5-8-13/h3-5,7-8,12,14-15H,6,9-11,18-19H2,1-2H3,(H,20,21)/t14-,15-/m1/s1. The predicted octanol–water partition coefficient (Wildman–Crippen LogP) is 0.589. The first-order valence-corrected chi connectivity index (χ1v) is 7.91. The van der Waals surface area contributed by atoms with E-state index < -0.39 is 18.1 Å². The summed E-state index contributed by atoms with van der Waals surface area (Å²) in [6.45, 7) is 4.36. The highest BCUT2D eigenvalue weighted by Gasteiger charge is 2.18. The van der Waals surface area contributed by atoms with Crippen molar-refractivity contribution >= 4 is 11.9 Å². The first kappa shape index (κ1) is 19.1. The third-order valence-electron chi connectivity index (χ3n) is 3.49. The summed E-state index contributed by atoms with van der Waals surface area (Å²) >= 11 is 0. The molecule has 0 saturated carbocycles. The summed E-state index contributed by atoms with van der Waals surface area (Å²) in [7, 11) is 0. The molecule has 1 aromatic carbocycles. The van der Waals surface area contributed by atoms with Gasteiger partial charge in [-0.05, 0) is 24.3 Å². The van der Waals surface area contributed by atoms with Crippen LogP contribution in [0, 0.1) is 5.92 Å². The van der Waals surface area contributed by atoms with Crippen LogP contribution in [-0.4, -0.2) is 37.1 Å². The molecule has 0 radical (unpaired) electrons. The van der Waals surface area contributed by atoms with Crippen molar-refractivity contribution in [2.45, 2.75) is 38.8 Å². The molecule has 0 aliphatic rings. The Balaban J connectivity index is 2.18. The van der Waals surface area contributed by atoms with Gasteiger partial charge in [-0.3, -0.25) is 9.59 Å². The van der Waals surface area contributed by atoms with Crippen molar-refractivity contribution in [2.24, 2.45) is 17.4 Å². The summed E-state index contributed by atoms with van der Waals surface area (Å²) in [5, 5.41) is 2.74. The molecule has 6 nitrogen and oxygen atoms in total. The molecule has 0 aromatic heterocycles. The van der Waals surface area contributed by atoms with Crippen LogP contribution in [0.4, 0.5) is 0 Å². The Kier molecular flexibility index (Phi) is 8.29. The number of benzene rings is 1. The molecule has 5 N–H and O–H groups in total. The van der Waals surface area contributed by atoms with E-state index in [0.29, 0.717) is 19.4 Å². The molecular weight excluding hydrogens is 294 g/mol. The van der Waals surface area contributed by atoms with Crippen molar-refractivity contribution in [2.75, 3.05) is 13.2 Å². The summed E-state index contributed by atoms with van der Waals surface area (Å²) in [4.78, 5) is 23.4. The van der Waals surface area contributed by atoms with E-state index in [9.17, 15) is 9.59 Å². The summed E-state index contributed by atoms with van der Waals surface area (Å²) in [5.41, 5.74) is 12.6. The summed E-state index contributed by atoms with van der Waals surface area (Å²) in [5.74, 6) is -0.579. The molecule has 1 rings (SSSR count). The van der Waals surface area contributed by atoms with Gasteiger partial charge in [0.2, 0.25) is 5.91 Å². The highest BCUT2D eigenvalue weighted by atomic mass is 16.5. The second-order valence-electron chi connectivity index (χ2n) is 5.88. The number of carbonyl (C=O) groups excluding carboxylic acids is 2. The van der Waals surface area contributed by atoms with E-state index in [1.807, 2.05) is 44.2 Å². The summed E-state index contributed by atoms with van der Waals surface area (Å²) in [6, 6.07) is 8.42. The normalized spacial score (nSPS) is 13.4. The van der Waals surface area contributed by atoms with Crippen LogP contribution in [0.2, 0.25) is 0 Å². The van der Waals surface area contributed by atoms with Gasteiger partial charge >= 0.3 is 5.97 Å². The lowest BCUT2D eigenvalue weighted by molar-refractivity contribution is -0.146.